The predicted octanol–water partition coefficient (Wildman–Crippen LogP) is 7.17. The minimum Gasteiger partial charge on any atom is -0.268 e. The maximum atomic E-state index is 14.2. The summed E-state index contributed by atoms with van der Waals surface area (Å²) in [6, 6.07) is 25.0. The van der Waals surface area contributed by atoms with Gasteiger partial charge in [0.15, 0.2) is 0 Å². The van der Waals surface area contributed by atoms with Gasteiger partial charge in [0.1, 0.15) is 5.65 Å². The van der Waals surface area contributed by atoms with Crippen LogP contribution in [0.2, 0.25) is 0 Å². The Hall–Kier alpha value is -5.42. The Morgan fingerprint density at radius 2 is 1.76 bits per heavy atom. The minimum absolute atomic E-state index is 0.260. The molecule has 1 aliphatic rings. The molecule has 172 valence electrons. The van der Waals surface area contributed by atoms with Crippen LogP contribution in [0.1, 0.15) is 11.1 Å². The number of fused-ring (bicyclic) bond motifs is 5. The van der Waals surface area contributed by atoms with E-state index in [1.807, 2.05) is 48.5 Å². The van der Waals surface area contributed by atoms with Crippen molar-refractivity contribution in [1.82, 2.24) is 9.38 Å². The SMILES string of the molecule is [C-]#[N+]c1cc2c3c4c1Sc1ccc(C#N)cc1-c4c(C#N)cc3c(=O)n1c3cccc4cccc(nc21)c43. The molecule has 7 heteroatoms. The molecular formula is C31H11N5OS. The van der Waals surface area contributed by atoms with Crippen molar-refractivity contribution in [2.24, 2.45) is 0 Å². The summed E-state index contributed by atoms with van der Waals surface area (Å²) in [7, 11) is 0. The van der Waals surface area contributed by atoms with Gasteiger partial charge in [-0.15, -0.1) is 11.8 Å². The molecule has 0 radical (unpaired) electrons. The molecule has 8 rings (SSSR count). The lowest BCUT2D eigenvalue weighted by molar-refractivity contribution is 1.15. The van der Waals surface area contributed by atoms with Gasteiger partial charge in [-0.05, 0) is 58.8 Å². The first kappa shape index (κ1) is 20.7. The third kappa shape index (κ3) is 2.40. The van der Waals surface area contributed by atoms with Gasteiger partial charge in [0.25, 0.3) is 5.56 Å². The van der Waals surface area contributed by atoms with Crippen molar-refractivity contribution < 1.29 is 0 Å². The number of rotatable bonds is 0. The van der Waals surface area contributed by atoms with E-state index in [1.54, 1.807) is 22.6 Å². The normalized spacial score (nSPS) is 12.1. The lowest BCUT2D eigenvalue weighted by Gasteiger charge is -2.24. The quantitative estimate of drug-likeness (QED) is 0.125. The molecule has 7 aromatic rings. The zero-order valence-corrected chi connectivity index (χ0v) is 20.2. The van der Waals surface area contributed by atoms with Gasteiger partial charge in [-0.3, -0.25) is 9.20 Å². The number of nitrogens with zero attached hydrogens (tertiary/aromatic N) is 5. The fraction of sp³-hybridized carbons (Fsp3) is 0. The fourth-order valence-electron chi connectivity index (χ4n) is 5.85. The van der Waals surface area contributed by atoms with E-state index in [0.717, 1.165) is 32.3 Å². The Morgan fingerprint density at radius 3 is 2.55 bits per heavy atom. The molecule has 0 amide bonds. The molecule has 38 heavy (non-hydrogen) atoms. The molecule has 5 aromatic carbocycles. The lowest BCUT2D eigenvalue weighted by atomic mass is 9.88. The largest absolute Gasteiger partial charge is 0.268 e. The van der Waals surface area contributed by atoms with Gasteiger partial charge in [0.05, 0.1) is 46.3 Å². The summed E-state index contributed by atoms with van der Waals surface area (Å²) < 4.78 is 1.61. The summed E-state index contributed by atoms with van der Waals surface area (Å²) in [4.78, 5) is 24.6. The number of hydrogen-bond donors (Lipinski definition) is 0. The highest BCUT2D eigenvalue weighted by Crippen LogP contribution is 2.54. The maximum Gasteiger partial charge on any atom is 0.264 e. The Bertz CT molecular complexity index is 2430. The van der Waals surface area contributed by atoms with Gasteiger partial charge in [0, 0.05) is 31.5 Å². The number of nitriles is 2. The van der Waals surface area contributed by atoms with Crippen LogP contribution in [-0.2, 0) is 0 Å². The molecule has 0 unspecified atom stereocenters. The molecule has 0 spiro atoms. The standard InChI is InChI=1S/C31H11N5OS/c1-34-22-12-19-27-20(31(37)36-23-7-3-5-16-4-2-6-21(26(16)23)35-30(19)36)11-17(14-33)25-18-10-15(13-32)8-9-24(18)38-29(22)28(25)27/h2-12H. The third-order valence-corrected chi connectivity index (χ3v) is 8.58. The Labute approximate surface area is 218 Å². The van der Waals surface area contributed by atoms with E-state index in [-0.39, 0.29) is 5.56 Å². The molecule has 3 heterocycles. The number of benzene rings is 5. The zero-order chi connectivity index (χ0) is 25.7. The van der Waals surface area contributed by atoms with Gasteiger partial charge in [-0.2, -0.15) is 10.5 Å². The van der Waals surface area contributed by atoms with Crippen LogP contribution in [0.25, 0.3) is 65.0 Å². The second kappa shape index (κ2) is 7.08. The van der Waals surface area contributed by atoms with Gasteiger partial charge < -0.3 is 0 Å². The third-order valence-electron chi connectivity index (χ3n) is 7.38. The van der Waals surface area contributed by atoms with Crippen LogP contribution in [0.15, 0.2) is 81.3 Å². The molecular weight excluding hydrogens is 490 g/mol. The van der Waals surface area contributed by atoms with Crippen LogP contribution < -0.4 is 5.56 Å². The van der Waals surface area contributed by atoms with E-state index in [0.29, 0.717) is 54.5 Å². The Balaban J connectivity index is 1.71. The van der Waals surface area contributed by atoms with Gasteiger partial charge >= 0.3 is 0 Å². The van der Waals surface area contributed by atoms with Crippen molar-refractivity contribution in [2.75, 3.05) is 0 Å². The predicted molar refractivity (Wildman–Crippen MR) is 148 cm³/mol. The number of pyridine rings is 1. The first-order chi connectivity index (χ1) is 18.6. The topological polar surface area (TPSA) is 86.3 Å². The molecule has 1 aliphatic heterocycles. The minimum atomic E-state index is -0.260. The molecule has 0 atom stereocenters. The van der Waals surface area contributed by atoms with E-state index in [2.05, 4.69) is 17.0 Å². The number of aromatic nitrogens is 2. The van der Waals surface area contributed by atoms with Gasteiger partial charge in [0.2, 0.25) is 5.69 Å². The van der Waals surface area contributed by atoms with Crippen LogP contribution in [0, 0.1) is 29.2 Å². The second-order valence-electron chi connectivity index (χ2n) is 9.25. The first-order valence-corrected chi connectivity index (χ1v) is 12.6. The highest BCUT2D eigenvalue weighted by atomic mass is 32.2. The highest BCUT2D eigenvalue weighted by molar-refractivity contribution is 8.00. The van der Waals surface area contributed by atoms with Crippen molar-refractivity contribution in [3.05, 3.63) is 99.6 Å². The Morgan fingerprint density at radius 1 is 0.921 bits per heavy atom. The first-order valence-electron chi connectivity index (χ1n) is 11.8. The highest BCUT2D eigenvalue weighted by Gasteiger charge is 2.29. The van der Waals surface area contributed by atoms with Gasteiger partial charge in [-0.25, -0.2) is 9.83 Å². The summed E-state index contributed by atoms with van der Waals surface area (Å²) >= 11 is 1.43. The molecule has 0 saturated carbocycles. The van der Waals surface area contributed by atoms with Crippen molar-refractivity contribution in [2.45, 2.75) is 9.79 Å². The maximum absolute atomic E-state index is 14.2. The summed E-state index contributed by atoms with van der Waals surface area (Å²) in [6.45, 7) is 8.01. The van der Waals surface area contributed by atoms with Crippen molar-refractivity contribution in [3.8, 4) is 23.3 Å². The van der Waals surface area contributed by atoms with Crippen LogP contribution >= 0.6 is 11.8 Å². The van der Waals surface area contributed by atoms with E-state index in [9.17, 15) is 15.3 Å². The van der Waals surface area contributed by atoms with Gasteiger partial charge in [-0.1, -0.05) is 24.3 Å². The smallest absolute Gasteiger partial charge is 0.264 e. The average molecular weight is 502 g/mol. The van der Waals surface area contributed by atoms with Crippen molar-refractivity contribution >= 4 is 66.4 Å². The molecule has 2 aromatic heterocycles. The molecule has 0 N–H and O–H groups in total. The Kier molecular flexibility index (Phi) is 3.86. The van der Waals surface area contributed by atoms with Crippen molar-refractivity contribution in [1.29, 1.82) is 10.5 Å². The molecule has 0 saturated heterocycles. The summed E-state index contributed by atoms with van der Waals surface area (Å²) in [5.41, 5.74) is 4.37. The molecule has 0 fully saturated rings. The van der Waals surface area contributed by atoms with Crippen LogP contribution in [0.4, 0.5) is 5.69 Å². The van der Waals surface area contributed by atoms with E-state index in [1.165, 1.54) is 11.8 Å². The monoisotopic (exact) mass is 501 g/mol. The summed E-state index contributed by atoms with van der Waals surface area (Å²) in [5.74, 6) is 0. The molecule has 6 nitrogen and oxygen atoms in total. The lowest BCUT2D eigenvalue weighted by Crippen LogP contribution is -2.17. The molecule has 0 aliphatic carbocycles. The summed E-state index contributed by atoms with van der Waals surface area (Å²) in [6.07, 6.45) is 0. The van der Waals surface area contributed by atoms with E-state index in [4.69, 9.17) is 11.6 Å². The molecule has 0 bridgehead atoms. The number of hydrogen-bond acceptors (Lipinski definition) is 5. The van der Waals surface area contributed by atoms with Crippen LogP contribution in [0.3, 0.4) is 0 Å². The van der Waals surface area contributed by atoms with E-state index >= 15 is 0 Å². The fourth-order valence-corrected chi connectivity index (χ4v) is 6.99. The van der Waals surface area contributed by atoms with Crippen LogP contribution in [-0.4, -0.2) is 9.38 Å². The van der Waals surface area contributed by atoms with E-state index < -0.39 is 0 Å². The summed E-state index contributed by atoms with van der Waals surface area (Å²) in [5, 5.41) is 24.1. The average Bonchev–Trinajstić information content (AvgIpc) is 2.96. The second-order valence-corrected chi connectivity index (χ2v) is 10.3. The zero-order valence-electron chi connectivity index (χ0n) is 19.4. The van der Waals surface area contributed by atoms with Crippen LogP contribution in [0.5, 0.6) is 0 Å². The van der Waals surface area contributed by atoms with Crippen molar-refractivity contribution in [3.63, 3.8) is 0 Å².